The van der Waals surface area contributed by atoms with Crippen LogP contribution >= 0.6 is 31.9 Å². The van der Waals surface area contributed by atoms with Gasteiger partial charge in [0.1, 0.15) is 5.82 Å². The summed E-state index contributed by atoms with van der Waals surface area (Å²) in [6.45, 7) is 0. The summed E-state index contributed by atoms with van der Waals surface area (Å²) < 4.78 is 18.9. The molecule has 0 N–H and O–H groups in total. The molecule has 2 aromatic rings. The number of ketones is 1. The van der Waals surface area contributed by atoms with Crippen molar-refractivity contribution < 1.29 is 13.6 Å². The van der Waals surface area contributed by atoms with Gasteiger partial charge in [-0.25, -0.2) is 4.39 Å². The Kier molecular flexibility index (Phi) is 3.25. The van der Waals surface area contributed by atoms with Crippen LogP contribution in [0.5, 0.6) is 0 Å². The van der Waals surface area contributed by atoms with Gasteiger partial charge >= 0.3 is 0 Å². The predicted molar refractivity (Wildman–Crippen MR) is 63.9 cm³/mol. The highest BCUT2D eigenvalue weighted by Gasteiger charge is 2.16. The number of halogens is 3. The van der Waals surface area contributed by atoms with Crippen LogP contribution in [-0.4, -0.2) is 5.78 Å². The van der Waals surface area contributed by atoms with Gasteiger partial charge in [-0.1, -0.05) is 0 Å². The monoisotopic (exact) mass is 346 g/mol. The molecule has 1 aromatic carbocycles. The van der Waals surface area contributed by atoms with E-state index in [4.69, 9.17) is 4.42 Å². The van der Waals surface area contributed by atoms with Crippen LogP contribution in [0.1, 0.15) is 16.1 Å². The molecule has 0 radical (unpaired) electrons. The third-order valence-corrected chi connectivity index (χ3v) is 3.24. The van der Waals surface area contributed by atoms with E-state index < -0.39 is 5.82 Å². The van der Waals surface area contributed by atoms with Crippen LogP contribution < -0.4 is 0 Å². The summed E-state index contributed by atoms with van der Waals surface area (Å²) >= 11 is 6.22. The summed E-state index contributed by atoms with van der Waals surface area (Å²) in [4.78, 5) is 11.9. The van der Waals surface area contributed by atoms with Crippen molar-refractivity contribution >= 4 is 37.6 Å². The van der Waals surface area contributed by atoms with Gasteiger partial charge in [-0.15, -0.1) is 0 Å². The quantitative estimate of drug-likeness (QED) is 0.763. The van der Waals surface area contributed by atoms with Gasteiger partial charge in [0.25, 0.3) is 0 Å². The summed E-state index contributed by atoms with van der Waals surface area (Å²) in [6.07, 6.45) is 1.41. The predicted octanol–water partition coefficient (Wildman–Crippen LogP) is 4.17. The number of carbonyl (C=O) groups excluding carboxylic acids is 1. The van der Waals surface area contributed by atoms with E-state index in [9.17, 15) is 9.18 Å². The van der Waals surface area contributed by atoms with Crippen LogP contribution in [0.3, 0.4) is 0 Å². The Labute approximate surface area is 108 Å². The molecule has 0 bridgehead atoms. The highest BCUT2D eigenvalue weighted by Crippen LogP contribution is 2.23. The summed E-state index contributed by atoms with van der Waals surface area (Å²) in [5.41, 5.74) is 0.365. The normalized spacial score (nSPS) is 10.4. The van der Waals surface area contributed by atoms with E-state index in [1.807, 2.05) is 0 Å². The molecule has 0 amide bonds. The van der Waals surface area contributed by atoms with E-state index in [2.05, 4.69) is 31.9 Å². The second-order valence-corrected chi connectivity index (χ2v) is 4.76. The van der Waals surface area contributed by atoms with Crippen LogP contribution in [0.25, 0.3) is 0 Å². The van der Waals surface area contributed by atoms with E-state index in [1.165, 1.54) is 24.5 Å². The van der Waals surface area contributed by atoms with Gasteiger partial charge in [0, 0.05) is 5.56 Å². The highest BCUT2D eigenvalue weighted by molar-refractivity contribution is 9.10. The third kappa shape index (κ3) is 2.10. The molecule has 0 saturated heterocycles. The first kappa shape index (κ1) is 11.5. The topological polar surface area (TPSA) is 30.2 Å². The van der Waals surface area contributed by atoms with Gasteiger partial charge in [0.2, 0.25) is 5.78 Å². The summed E-state index contributed by atoms with van der Waals surface area (Å²) in [5.74, 6) is -0.494. The lowest BCUT2D eigenvalue weighted by Crippen LogP contribution is -2.00. The summed E-state index contributed by atoms with van der Waals surface area (Å²) in [6, 6.07) is 5.70. The van der Waals surface area contributed by atoms with Gasteiger partial charge in [0.05, 0.1) is 15.2 Å². The van der Waals surface area contributed by atoms with Gasteiger partial charge in [0.15, 0.2) is 5.76 Å². The van der Waals surface area contributed by atoms with Crippen LogP contribution in [0, 0.1) is 5.82 Å². The van der Waals surface area contributed by atoms with Crippen molar-refractivity contribution in [1.82, 2.24) is 0 Å². The Morgan fingerprint density at radius 3 is 2.50 bits per heavy atom. The second kappa shape index (κ2) is 4.51. The van der Waals surface area contributed by atoms with Crippen molar-refractivity contribution in [2.45, 2.75) is 0 Å². The Balaban J connectivity index is 2.42. The third-order valence-electron chi connectivity index (χ3n) is 2.01. The van der Waals surface area contributed by atoms with Crippen LogP contribution in [0.2, 0.25) is 0 Å². The summed E-state index contributed by atoms with van der Waals surface area (Å²) in [7, 11) is 0. The summed E-state index contributed by atoms with van der Waals surface area (Å²) in [5, 5.41) is 0. The van der Waals surface area contributed by atoms with Gasteiger partial charge in [-0.3, -0.25) is 4.79 Å². The van der Waals surface area contributed by atoms with Crippen molar-refractivity contribution in [1.29, 1.82) is 0 Å². The molecule has 0 aliphatic rings. The molecule has 2 nitrogen and oxygen atoms in total. The van der Waals surface area contributed by atoms with Gasteiger partial charge in [-0.05, 0) is 56.1 Å². The lowest BCUT2D eigenvalue weighted by atomic mass is 10.1. The van der Waals surface area contributed by atoms with Crippen molar-refractivity contribution in [2.75, 3.05) is 0 Å². The molecular formula is C11H5Br2FO2. The van der Waals surface area contributed by atoms with Crippen molar-refractivity contribution in [2.24, 2.45) is 0 Å². The van der Waals surface area contributed by atoms with E-state index in [0.29, 0.717) is 10.0 Å². The molecule has 1 aromatic heterocycles. The molecule has 2 rings (SSSR count). The van der Waals surface area contributed by atoms with Crippen molar-refractivity contribution in [3.8, 4) is 0 Å². The number of hydrogen-bond donors (Lipinski definition) is 0. The minimum atomic E-state index is -0.407. The van der Waals surface area contributed by atoms with E-state index in [-0.39, 0.29) is 16.0 Å². The Bertz CT molecular complexity index is 549. The maximum Gasteiger partial charge on any atom is 0.229 e. The molecule has 0 aliphatic carbocycles. The Hall–Kier alpha value is -0.940. The Morgan fingerprint density at radius 2 is 1.94 bits per heavy atom. The van der Waals surface area contributed by atoms with E-state index >= 15 is 0 Å². The van der Waals surface area contributed by atoms with Crippen LogP contribution in [0.4, 0.5) is 4.39 Å². The maximum absolute atomic E-state index is 13.0. The van der Waals surface area contributed by atoms with Crippen LogP contribution in [-0.2, 0) is 0 Å². The molecule has 0 aliphatic heterocycles. The number of rotatable bonds is 2. The molecule has 0 unspecified atom stereocenters. The minimum Gasteiger partial charge on any atom is -0.460 e. The molecule has 0 atom stereocenters. The average Bonchev–Trinajstić information content (AvgIpc) is 2.67. The zero-order valence-corrected chi connectivity index (χ0v) is 11.0. The largest absolute Gasteiger partial charge is 0.460 e. The first-order chi connectivity index (χ1) is 7.59. The van der Waals surface area contributed by atoms with Gasteiger partial charge in [-0.2, -0.15) is 0 Å². The minimum absolute atomic E-state index is 0.207. The van der Waals surface area contributed by atoms with Crippen LogP contribution in [0.15, 0.2) is 43.9 Å². The maximum atomic E-state index is 13.0. The number of carbonyl (C=O) groups is 1. The number of benzene rings is 1. The molecule has 0 fully saturated rings. The molecule has 0 saturated carbocycles. The highest BCUT2D eigenvalue weighted by atomic mass is 79.9. The lowest BCUT2D eigenvalue weighted by Gasteiger charge is -2.00. The molecule has 82 valence electrons. The SMILES string of the molecule is O=C(c1ccc(F)c(Br)c1)c1occc1Br. The number of hydrogen-bond acceptors (Lipinski definition) is 2. The smallest absolute Gasteiger partial charge is 0.229 e. The molecular weight excluding hydrogens is 343 g/mol. The average molecular weight is 348 g/mol. The zero-order valence-electron chi connectivity index (χ0n) is 7.84. The molecule has 16 heavy (non-hydrogen) atoms. The lowest BCUT2D eigenvalue weighted by molar-refractivity contribution is 0.101. The first-order valence-corrected chi connectivity index (χ1v) is 5.91. The first-order valence-electron chi connectivity index (χ1n) is 4.32. The fraction of sp³-hybridized carbons (Fsp3) is 0. The van der Waals surface area contributed by atoms with Crippen molar-refractivity contribution in [3.05, 3.63) is 56.6 Å². The fourth-order valence-electron chi connectivity index (χ4n) is 1.22. The van der Waals surface area contributed by atoms with E-state index in [1.54, 1.807) is 6.07 Å². The number of furan rings is 1. The van der Waals surface area contributed by atoms with Gasteiger partial charge < -0.3 is 4.42 Å². The fourth-order valence-corrected chi connectivity index (χ4v) is 1.98. The molecule has 0 spiro atoms. The van der Waals surface area contributed by atoms with E-state index in [0.717, 1.165) is 0 Å². The zero-order chi connectivity index (χ0) is 11.7. The van der Waals surface area contributed by atoms with Crippen molar-refractivity contribution in [3.63, 3.8) is 0 Å². The molecule has 5 heteroatoms. The Morgan fingerprint density at radius 1 is 1.19 bits per heavy atom. The standard InChI is InChI=1S/C11H5Br2FO2/c12-7-3-4-16-11(7)10(15)6-1-2-9(14)8(13)5-6/h1-5H. The molecule has 1 heterocycles. The second-order valence-electron chi connectivity index (χ2n) is 3.06.